The SMILES string of the molecule is COc1cccc(CN(CCO)Cc2cccnc2)c1OC. The molecule has 5 heteroatoms. The first-order valence-electron chi connectivity index (χ1n) is 7.20. The molecule has 22 heavy (non-hydrogen) atoms. The Morgan fingerprint density at radius 2 is 1.95 bits per heavy atom. The average molecular weight is 302 g/mol. The minimum Gasteiger partial charge on any atom is -0.493 e. The first-order valence-corrected chi connectivity index (χ1v) is 7.20. The van der Waals surface area contributed by atoms with Gasteiger partial charge in [-0.3, -0.25) is 9.88 Å². The molecule has 0 aliphatic rings. The Bertz CT molecular complexity index is 575. The van der Waals surface area contributed by atoms with Gasteiger partial charge in [-0.15, -0.1) is 0 Å². The molecule has 1 heterocycles. The van der Waals surface area contributed by atoms with E-state index in [0.717, 1.165) is 23.4 Å². The van der Waals surface area contributed by atoms with Gasteiger partial charge in [0.25, 0.3) is 0 Å². The van der Waals surface area contributed by atoms with E-state index in [0.29, 0.717) is 18.8 Å². The summed E-state index contributed by atoms with van der Waals surface area (Å²) in [5, 5.41) is 9.31. The molecule has 118 valence electrons. The van der Waals surface area contributed by atoms with E-state index >= 15 is 0 Å². The predicted molar refractivity (Wildman–Crippen MR) is 85.0 cm³/mol. The molecule has 0 fully saturated rings. The molecular weight excluding hydrogens is 280 g/mol. The van der Waals surface area contributed by atoms with Crippen LogP contribution in [-0.2, 0) is 13.1 Å². The second kappa shape index (κ2) is 8.36. The monoisotopic (exact) mass is 302 g/mol. The van der Waals surface area contributed by atoms with E-state index in [-0.39, 0.29) is 6.61 Å². The Morgan fingerprint density at radius 3 is 2.59 bits per heavy atom. The molecule has 0 radical (unpaired) electrons. The highest BCUT2D eigenvalue weighted by molar-refractivity contribution is 5.46. The lowest BCUT2D eigenvalue weighted by molar-refractivity contribution is 0.182. The highest BCUT2D eigenvalue weighted by atomic mass is 16.5. The number of hydrogen-bond acceptors (Lipinski definition) is 5. The number of para-hydroxylation sites is 1. The summed E-state index contributed by atoms with van der Waals surface area (Å²) in [7, 11) is 3.27. The lowest BCUT2D eigenvalue weighted by Crippen LogP contribution is -2.26. The molecule has 0 saturated carbocycles. The number of pyridine rings is 1. The quantitative estimate of drug-likeness (QED) is 0.809. The fraction of sp³-hybridized carbons (Fsp3) is 0.353. The van der Waals surface area contributed by atoms with Gasteiger partial charge in [0.15, 0.2) is 11.5 Å². The highest BCUT2D eigenvalue weighted by Gasteiger charge is 2.13. The van der Waals surface area contributed by atoms with E-state index in [1.54, 1.807) is 20.4 Å². The number of nitrogens with zero attached hydrogens (tertiary/aromatic N) is 2. The molecule has 0 atom stereocenters. The van der Waals surface area contributed by atoms with Gasteiger partial charge in [0.05, 0.1) is 20.8 Å². The zero-order valence-electron chi connectivity index (χ0n) is 13.0. The van der Waals surface area contributed by atoms with Crippen molar-refractivity contribution in [3.8, 4) is 11.5 Å². The molecule has 0 saturated heterocycles. The maximum absolute atomic E-state index is 9.31. The summed E-state index contributed by atoms with van der Waals surface area (Å²) >= 11 is 0. The van der Waals surface area contributed by atoms with E-state index in [2.05, 4.69) is 9.88 Å². The minimum absolute atomic E-state index is 0.104. The highest BCUT2D eigenvalue weighted by Crippen LogP contribution is 2.31. The number of aromatic nitrogens is 1. The number of rotatable bonds is 8. The Hall–Kier alpha value is -2.11. The van der Waals surface area contributed by atoms with Crippen molar-refractivity contribution in [3.63, 3.8) is 0 Å². The van der Waals surface area contributed by atoms with Crippen LogP contribution in [0.3, 0.4) is 0 Å². The van der Waals surface area contributed by atoms with E-state index in [4.69, 9.17) is 9.47 Å². The first kappa shape index (κ1) is 16.3. The molecule has 0 unspecified atom stereocenters. The number of benzene rings is 1. The van der Waals surface area contributed by atoms with Crippen LogP contribution in [-0.4, -0.2) is 42.4 Å². The van der Waals surface area contributed by atoms with Crippen molar-refractivity contribution in [1.29, 1.82) is 0 Å². The van der Waals surface area contributed by atoms with E-state index in [1.807, 2.05) is 36.5 Å². The Balaban J connectivity index is 2.17. The number of aliphatic hydroxyl groups excluding tert-OH is 1. The van der Waals surface area contributed by atoms with Crippen LogP contribution < -0.4 is 9.47 Å². The molecule has 2 rings (SSSR count). The van der Waals surface area contributed by atoms with Gasteiger partial charge < -0.3 is 14.6 Å². The summed E-state index contributed by atoms with van der Waals surface area (Å²) in [5.41, 5.74) is 2.14. The average Bonchev–Trinajstić information content (AvgIpc) is 2.55. The molecule has 1 N–H and O–H groups in total. The van der Waals surface area contributed by atoms with Gasteiger partial charge in [0.2, 0.25) is 0 Å². The summed E-state index contributed by atoms with van der Waals surface area (Å²) in [6.45, 7) is 2.06. The van der Waals surface area contributed by atoms with Crippen LogP contribution in [0.1, 0.15) is 11.1 Å². The molecule has 2 aromatic rings. The summed E-state index contributed by atoms with van der Waals surface area (Å²) < 4.78 is 10.8. The van der Waals surface area contributed by atoms with Gasteiger partial charge in [0, 0.05) is 37.6 Å². The first-order chi connectivity index (χ1) is 10.8. The van der Waals surface area contributed by atoms with Crippen molar-refractivity contribution in [3.05, 3.63) is 53.9 Å². The summed E-state index contributed by atoms with van der Waals surface area (Å²) in [6, 6.07) is 9.77. The molecule has 1 aromatic heterocycles. The summed E-state index contributed by atoms with van der Waals surface area (Å²) in [6.07, 6.45) is 3.60. The molecule has 0 aliphatic carbocycles. The zero-order chi connectivity index (χ0) is 15.8. The molecule has 0 amide bonds. The third-order valence-corrected chi connectivity index (χ3v) is 3.42. The van der Waals surface area contributed by atoms with Gasteiger partial charge in [0.1, 0.15) is 0 Å². The van der Waals surface area contributed by atoms with E-state index < -0.39 is 0 Å². The minimum atomic E-state index is 0.104. The number of hydrogen-bond donors (Lipinski definition) is 1. The number of aliphatic hydroxyl groups is 1. The van der Waals surface area contributed by atoms with Crippen LogP contribution in [0, 0.1) is 0 Å². The van der Waals surface area contributed by atoms with Gasteiger partial charge in [-0.2, -0.15) is 0 Å². The third kappa shape index (κ3) is 4.19. The third-order valence-electron chi connectivity index (χ3n) is 3.42. The van der Waals surface area contributed by atoms with Crippen molar-refractivity contribution in [1.82, 2.24) is 9.88 Å². The Morgan fingerprint density at radius 1 is 1.09 bits per heavy atom. The molecular formula is C17H22N2O3. The van der Waals surface area contributed by atoms with Gasteiger partial charge >= 0.3 is 0 Å². The Labute approximate surface area is 131 Å². The van der Waals surface area contributed by atoms with Crippen molar-refractivity contribution >= 4 is 0 Å². The fourth-order valence-corrected chi connectivity index (χ4v) is 2.42. The summed E-state index contributed by atoms with van der Waals surface area (Å²) in [5.74, 6) is 1.45. The van der Waals surface area contributed by atoms with Crippen LogP contribution >= 0.6 is 0 Å². The van der Waals surface area contributed by atoms with Crippen LogP contribution in [0.15, 0.2) is 42.7 Å². The smallest absolute Gasteiger partial charge is 0.165 e. The van der Waals surface area contributed by atoms with Crippen LogP contribution in [0.2, 0.25) is 0 Å². The summed E-state index contributed by atoms with van der Waals surface area (Å²) in [4.78, 5) is 6.28. The van der Waals surface area contributed by atoms with Crippen LogP contribution in [0.4, 0.5) is 0 Å². The maximum atomic E-state index is 9.31. The maximum Gasteiger partial charge on any atom is 0.165 e. The van der Waals surface area contributed by atoms with Crippen molar-refractivity contribution < 1.29 is 14.6 Å². The van der Waals surface area contributed by atoms with Gasteiger partial charge in [-0.25, -0.2) is 0 Å². The fourth-order valence-electron chi connectivity index (χ4n) is 2.42. The van der Waals surface area contributed by atoms with Crippen LogP contribution in [0.25, 0.3) is 0 Å². The van der Waals surface area contributed by atoms with Gasteiger partial charge in [-0.05, 0) is 17.7 Å². The lowest BCUT2D eigenvalue weighted by Gasteiger charge is -2.23. The topological polar surface area (TPSA) is 54.8 Å². The molecule has 0 aliphatic heterocycles. The van der Waals surface area contributed by atoms with E-state index in [1.165, 1.54) is 0 Å². The number of methoxy groups -OCH3 is 2. The van der Waals surface area contributed by atoms with Crippen molar-refractivity contribution in [2.24, 2.45) is 0 Å². The normalized spacial score (nSPS) is 10.7. The molecule has 1 aromatic carbocycles. The zero-order valence-corrected chi connectivity index (χ0v) is 13.0. The molecule has 5 nitrogen and oxygen atoms in total. The number of ether oxygens (including phenoxy) is 2. The second-order valence-corrected chi connectivity index (χ2v) is 4.95. The second-order valence-electron chi connectivity index (χ2n) is 4.95. The van der Waals surface area contributed by atoms with Crippen molar-refractivity contribution in [2.75, 3.05) is 27.4 Å². The molecule has 0 bridgehead atoms. The standard InChI is InChI=1S/C17H22N2O3/c1-21-16-7-3-6-15(17(16)22-2)13-19(9-10-20)12-14-5-4-8-18-11-14/h3-8,11,20H,9-10,12-13H2,1-2H3. The predicted octanol–water partition coefficient (Wildman–Crippen LogP) is 2.09. The largest absolute Gasteiger partial charge is 0.493 e. The lowest BCUT2D eigenvalue weighted by atomic mass is 10.1. The van der Waals surface area contributed by atoms with Crippen LogP contribution in [0.5, 0.6) is 11.5 Å². The van der Waals surface area contributed by atoms with Crippen molar-refractivity contribution in [2.45, 2.75) is 13.1 Å². The van der Waals surface area contributed by atoms with Gasteiger partial charge in [-0.1, -0.05) is 18.2 Å². The molecule has 0 spiro atoms. The Kier molecular flexibility index (Phi) is 6.18. The van der Waals surface area contributed by atoms with E-state index in [9.17, 15) is 5.11 Å².